The molecule has 0 saturated heterocycles. The highest BCUT2D eigenvalue weighted by Gasteiger charge is 2.20. The van der Waals surface area contributed by atoms with Crippen molar-refractivity contribution in [3.8, 4) is 11.1 Å². The number of aromatic nitrogens is 1. The molecule has 1 unspecified atom stereocenters. The molecule has 1 atom stereocenters. The fraction of sp³-hybridized carbons (Fsp3) is 0.227. The third-order valence-electron chi connectivity index (χ3n) is 4.45. The van der Waals surface area contributed by atoms with E-state index in [1.165, 1.54) is 18.2 Å². The van der Waals surface area contributed by atoms with Crippen LogP contribution in [0.15, 0.2) is 54.6 Å². The highest BCUT2D eigenvalue weighted by molar-refractivity contribution is 6.02. The Hall–Kier alpha value is -2.92. The molecular weight excluding hydrogens is 345 g/mol. The fourth-order valence-electron chi connectivity index (χ4n) is 3.26. The van der Waals surface area contributed by atoms with Gasteiger partial charge in [0.05, 0.1) is 24.9 Å². The predicted octanol–water partition coefficient (Wildman–Crippen LogP) is 4.58. The summed E-state index contributed by atoms with van der Waals surface area (Å²) in [7, 11) is 0. The number of rotatable bonds is 6. The van der Waals surface area contributed by atoms with E-state index in [9.17, 15) is 14.3 Å². The number of aliphatic hydroxyl groups is 1. The topological polar surface area (TPSA) is 51.5 Å². The normalized spacial score (nSPS) is 12.6. The third-order valence-corrected chi connectivity index (χ3v) is 4.45. The number of para-hydroxylation sites is 1. The second-order valence-electron chi connectivity index (χ2n) is 6.27. The monoisotopic (exact) mass is 367 g/mol. The van der Waals surface area contributed by atoms with E-state index in [1.807, 2.05) is 35.8 Å². The molecule has 0 fully saturated rings. The average Bonchev–Trinajstić information content (AvgIpc) is 3.01. The molecule has 1 N–H and O–H groups in total. The van der Waals surface area contributed by atoms with Crippen molar-refractivity contribution in [2.75, 3.05) is 13.2 Å². The zero-order valence-electron chi connectivity index (χ0n) is 15.4. The van der Waals surface area contributed by atoms with Crippen LogP contribution in [-0.4, -0.2) is 28.9 Å². The van der Waals surface area contributed by atoms with Crippen LogP contribution in [-0.2, 0) is 9.53 Å². The van der Waals surface area contributed by atoms with Crippen LogP contribution in [0.25, 0.3) is 28.1 Å². The number of nitrogens with zero attached hydrogens (tertiary/aromatic N) is 1. The minimum absolute atomic E-state index is 0.0538. The molecule has 0 aliphatic rings. The first-order chi connectivity index (χ1) is 13.1. The number of aliphatic hydroxyl groups excluding tert-OH is 1. The first-order valence-corrected chi connectivity index (χ1v) is 8.91. The Labute approximate surface area is 157 Å². The van der Waals surface area contributed by atoms with E-state index in [1.54, 1.807) is 25.1 Å². The number of halogens is 1. The number of hydrogen-bond acceptors (Lipinski definition) is 3. The van der Waals surface area contributed by atoms with Crippen molar-refractivity contribution >= 4 is 22.9 Å². The molecule has 1 heterocycles. The van der Waals surface area contributed by atoms with Gasteiger partial charge in [-0.15, -0.1) is 0 Å². The minimum atomic E-state index is -0.434. The molecular formula is C22H22FNO3. The van der Waals surface area contributed by atoms with E-state index in [0.29, 0.717) is 6.61 Å². The number of ether oxygens (including phenoxy) is 1. The summed E-state index contributed by atoms with van der Waals surface area (Å²) >= 11 is 0. The lowest BCUT2D eigenvalue weighted by atomic mass is 10.0. The van der Waals surface area contributed by atoms with Crippen LogP contribution in [0.2, 0.25) is 0 Å². The van der Waals surface area contributed by atoms with Crippen LogP contribution < -0.4 is 0 Å². The van der Waals surface area contributed by atoms with Crippen LogP contribution in [0.1, 0.15) is 25.6 Å². The van der Waals surface area contributed by atoms with E-state index in [-0.39, 0.29) is 18.5 Å². The quantitative estimate of drug-likeness (QED) is 0.513. The number of hydrogen-bond donors (Lipinski definition) is 1. The highest BCUT2D eigenvalue weighted by Crippen LogP contribution is 2.37. The molecule has 140 valence electrons. The van der Waals surface area contributed by atoms with Crippen LogP contribution in [0.3, 0.4) is 0 Å². The van der Waals surface area contributed by atoms with Gasteiger partial charge in [0.15, 0.2) is 0 Å². The fourth-order valence-corrected chi connectivity index (χ4v) is 3.26. The molecule has 4 nitrogen and oxygen atoms in total. The van der Waals surface area contributed by atoms with E-state index < -0.39 is 5.97 Å². The van der Waals surface area contributed by atoms with Crippen molar-refractivity contribution < 1.29 is 19.0 Å². The van der Waals surface area contributed by atoms with Gasteiger partial charge in [-0.05, 0) is 43.7 Å². The van der Waals surface area contributed by atoms with E-state index >= 15 is 0 Å². The summed E-state index contributed by atoms with van der Waals surface area (Å²) in [6.07, 6.45) is 3.08. The maximum absolute atomic E-state index is 13.4. The van der Waals surface area contributed by atoms with Crippen molar-refractivity contribution in [3.63, 3.8) is 0 Å². The standard InChI is InChI=1S/C22H22FNO3/c1-3-27-21(26)13-12-20-22(16-8-10-17(23)11-9-16)18-6-4-5-7-19(18)24(20)15(2)14-25/h4-13,15,25H,3,14H2,1-2H3/b13-12+. The van der Waals surface area contributed by atoms with Crippen molar-refractivity contribution in [2.24, 2.45) is 0 Å². The summed E-state index contributed by atoms with van der Waals surface area (Å²) < 4.78 is 20.4. The van der Waals surface area contributed by atoms with Gasteiger partial charge in [-0.3, -0.25) is 0 Å². The molecule has 0 aliphatic carbocycles. The predicted molar refractivity (Wildman–Crippen MR) is 105 cm³/mol. The Bertz CT molecular complexity index is 973. The van der Waals surface area contributed by atoms with Gasteiger partial charge < -0.3 is 14.4 Å². The molecule has 0 radical (unpaired) electrons. The minimum Gasteiger partial charge on any atom is -0.463 e. The molecule has 0 bridgehead atoms. The van der Waals surface area contributed by atoms with E-state index in [2.05, 4.69) is 0 Å². The second kappa shape index (κ2) is 8.18. The Morgan fingerprint density at radius 3 is 2.59 bits per heavy atom. The van der Waals surface area contributed by atoms with Gasteiger partial charge in [-0.2, -0.15) is 0 Å². The van der Waals surface area contributed by atoms with Gasteiger partial charge in [0.1, 0.15) is 5.82 Å². The molecule has 2 aromatic carbocycles. The lowest BCUT2D eigenvalue weighted by molar-refractivity contribution is -0.137. The molecule has 0 saturated carbocycles. The molecule has 3 aromatic rings. The molecule has 27 heavy (non-hydrogen) atoms. The highest BCUT2D eigenvalue weighted by atomic mass is 19.1. The maximum atomic E-state index is 13.4. The molecule has 5 heteroatoms. The number of carbonyl (C=O) groups excluding carboxylic acids is 1. The maximum Gasteiger partial charge on any atom is 0.330 e. The number of benzene rings is 2. The summed E-state index contributed by atoms with van der Waals surface area (Å²) in [4.78, 5) is 11.9. The first-order valence-electron chi connectivity index (χ1n) is 8.91. The number of carbonyl (C=O) groups is 1. The van der Waals surface area contributed by atoms with Crippen molar-refractivity contribution in [1.29, 1.82) is 0 Å². The van der Waals surface area contributed by atoms with Gasteiger partial charge in [0.25, 0.3) is 0 Å². The lowest BCUT2D eigenvalue weighted by Gasteiger charge is -2.16. The molecule has 0 aliphatic heterocycles. The van der Waals surface area contributed by atoms with E-state index in [0.717, 1.165) is 27.7 Å². The van der Waals surface area contributed by atoms with Crippen molar-refractivity contribution in [2.45, 2.75) is 19.9 Å². The van der Waals surface area contributed by atoms with Crippen LogP contribution in [0.5, 0.6) is 0 Å². The van der Waals surface area contributed by atoms with Gasteiger partial charge in [0, 0.05) is 22.5 Å². The zero-order valence-corrected chi connectivity index (χ0v) is 15.4. The summed E-state index contributed by atoms with van der Waals surface area (Å²) in [5, 5.41) is 10.7. The SMILES string of the molecule is CCOC(=O)/C=C/c1c(-c2ccc(F)cc2)c2ccccc2n1C(C)CO. The molecule has 0 amide bonds. The summed E-state index contributed by atoms with van der Waals surface area (Å²) in [6, 6.07) is 13.9. The van der Waals surface area contributed by atoms with Crippen molar-refractivity contribution in [3.05, 3.63) is 66.1 Å². The van der Waals surface area contributed by atoms with Crippen molar-refractivity contribution in [1.82, 2.24) is 4.57 Å². The zero-order chi connectivity index (χ0) is 19.4. The van der Waals surface area contributed by atoms with Crippen LogP contribution in [0.4, 0.5) is 4.39 Å². The summed E-state index contributed by atoms with van der Waals surface area (Å²) in [5.74, 6) is -0.745. The number of esters is 1. The second-order valence-corrected chi connectivity index (χ2v) is 6.27. The Balaban J connectivity index is 2.29. The van der Waals surface area contributed by atoms with E-state index in [4.69, 9.17) is 4.74 Å². The number of fused-ring (bicyclic) bond motifs is 1. The Kier molecular flexibility index (Phi) is 5.72. The molecule has 3 rings (SSSR count). The van der Waals surface area contributed by atoms with Crippen LogP contribution in [0, 0.1) is 5.82 Å². The van der Waals surface area contributed by atoms with Gasteiger partial charge >= 0.3 is 5.97 Å². The largest absolute Gasteiger partial charge is 0.463 e. The smallest absolute Gasteiger partial charge is 0.330 e. The first kappa shape index (κ1) is 18.9. The average molecular weight is 367 g/mol. The Morgan fingerprint density at radius 2 is 1.93 bits per heavy atom. The van der Waals surface area contributed by atoms with Gasteiger partial charge in [-0.1, -0.05) is 30.3 Å². The molecule has 1 aromatic heterocycles. The Morgan fingerprint density at radius 1 is 1.22 bits per heavy atom. The summed E-state index contributed by atoms with van der Waals surface area (Å²) in [5.41, 5.74) is 3.41. The lowest BCUT2D eigenvalue weighted by Crippen LogP contribution is -2.11. The summed E-state index contributed by atoms with van der Waals surface area (Å²) in [6.45, 7) is 3.90. The van der Waals surface area contributed by atoms with Gasteiger partial charge in [0.2, 0.25) is 0 Å². The van der Waals surface area contributed by atoms with Gasteiger partial charge in [-0.25, -0.2) is 9.18 Å². The van der Waals surface area contributed by atoms with Crippen LogP contribution >= 0.6 is 0 Å². The molecule has 0 spiro atoms. The third kappa shape index (κ3) is 3.78.